The maximum Gasteiger partial charge on any atom is 0.127 e. The van der Waals surface area contributed by atoms with E-state index in [2.05, 4.69) is 0 Å². The lowest BCUT2D eigenvalue weighted by Gasteiger charge is -2.23. The molecule has 0 fully saturated rings. The Labute approximate surface area is 77.1 Å². The van der Waals surface area contributed by atoms with Gasteiger partial charge < -0.3 is 15.6 Å². The van der Waals surface area contributed by atoms with E-state index in [0.29, 0.717) is 6.61 Å². The molecule has 0 aromatic heterocycles. The highest BCUT2D eigenvalue weighted by molar-refractivity contribution is 5.47. The molecule has 0 saturated heterocycles. The summed E-state index contributed by atoms with van der Waals surface area (Å²) in [5.41, 5.74) is 7.75. The highest BCUT2D eigenvalue weighted by atomic mass is 16.5. The molecule has 70 valence electrons. The van der Waals surface area contributed by atoms with E-state index in [9.17, 15) is 5.11 Å². The largest absolute Gasteiger partial charge is 0.508 e. The molecule has 0 radical (unpaired) electrons. The van der Waals surface area contributed by atoms with Gasteiger partial charge in [0, 0.05) is 24.1 Å². The number of benzene rings is 1. The summed E-state index contributed by atoms with van der Waals surface area (Å²) in [5.74, 6) is 0.995. The van der Waals surface area contributed by atoms with Crippen LogP contribution in [-0.4, -0.2) is 11.7 Å². The summed E-state index contributed by atoms with van der Waals surface area (Å²) in [6.45, 7) is 2.49. The van der Waals surface area contributed by atoms with E-state index in [-0.39, 0.29) is 11.8 Å². The summed E-state index contributed by atoms with van der Waals surface area (Å²) >= 11 is 0. The highest BCUT2D eigenvalue weighted by Crippen LogP contribution is 2.35. The number of rotatable bonds is 0. The van der Waals surface area contributed by atoms with Crippen LogP contribution in [0.2, 0.25) is 0 Å². The van der Waals surface area contributed by atoms with Crippen LogP contribution in [0, 0.1) is 6.92 Å². The van der Waals surface area contributed by atoms with Crippen LogP contribution in [0.5, 0.6) is 11.5 Å². The Kier molecular flexibility index (Phi) is 1.88. The summed E-state index contributed by atoms with van der Waals surface area (Å²) < 4.78 is 5.39. The first kappa shape index (κ1) is 8.38. The van der Waals surface area contributed by atoms with Gasteiger partial charge in [-0.15, -0.1) is 0 Å². The molecular formula is C10H13NO2. The molecule has 1 aromatic carbocycles. The van der Waals surface area contributed by atoms with Crippen LogP contribution in [0.4, 0.5) is 0 Å². The van der Waals surface area contributed by atoms with Gasteiger partial charge in [-0.1, -0.05) is 0 Å². The third-order valence-corrected chi connectivity index (χ3v) is 2.41. The SMILES string of the molecule is Cc1cc2c(cc1O)OCC[C@H]2N. The third-order valence-electron chi connectivity index (χ3n) is 2.41. The summed E-state index contributed by atoms with van der Waals surface area (Å²) in [5, 5.41) is 9.44. The summed E-state index contributed by atoms with van der Waals surface area (Å²) in [6, 6.07) is 3.58. The number of phenols is 1. The van der Waals surface area contributed by atoms with Crippen molar-refractivity contribution < 1.29 is 9.84 Å². The molecule has 3 N–H and O–H groups in total. The van der Waals surface area contributed by atoms with E-state index < -0.39 is 0 Å². The number of aromatic hydroxyl groups is 1. The van der Waals surface area contributed by atoms with Crippen LogP contribution in [0.3, 0.4) is 0 Å². The van der Waals surface area contributed by atoms with Crippen molar-refractivity contribution in [1.29, 1.82) is 0 Å². The average Bonchev–Trinajstić information content (AvgIpc) is 2.09. The maximum atomic E-state index is 9.44. The van der Waals surface area contributed by atoms with Gasteiger partial charge in [0.25, 0.3) is 0 Å². The molecule has 13 heavy (non-hydrogen) atoms. The molecule has 0 amide bonds. The van der Waals surface area contributed by atoms with Crippen molar-refractivity contribution in [3.05, 3.63) is 23.3 Å². The molecule has 3 nitrogen and oxygen atoms in total. The van der Waals surface area contributed by atoms with Gasteiger partial charge in [0.2, 0.25) is 0 Å². The number of phenolic OH excluding ortho intramolecular Hbond substituents is 1. The Hall–Kier alpha value is -1.22. The molecule has 1 aliphatic rings. The molecule has 1 aliphatic heterocycles. The zero-order valence-electron chi connectivity index (χ0n) is 7.58. The van der Waals surface area contributed by atoms with E-state index >= 15 is 0 Å². The molecule has 1 aromatic rings. The molecule has 0 bridgehead atoms. The number of fused-ring (bicyclic) bond motifs is 1. The van der Waals surface area contributed by atoms with Gasteiger partial charge in [-0.2, -0.15) is 0 Å². The Bertz CT molecular complexity index is 336. The maximum absolute atomic E-state index is 9.44. The van der Waals surface area contributed by atoms with Gasteiger partial charge in [0.15, 0.2) is 0 Å². The van der Waals surface area contributed by atoms with E-state index in [1.807, 2.05) is 13.0 Å². The topological polar surface area (TPSA) is 55.5 Å². The molecule has 0 saturated carbocycles. The molecular weight excluding hydrogens is 166 g/mol. The molecule has 0 aliphatic carbocycles. The molecule has 1 heterocycles. The minimum Gasteiger partial charge on any atom is -0.508 e. The smallest absolute Gasteiger partial charge is 0.127 e. The fourth-order valence-electron chi connectivity index (χ4n) is 1.57. The fraction of sp³-hybridized carbons (Fsp3) is 0.400. The number of ether oxygens (including phenoxy) is 1. The highest BCUT2D eigenvalue weighted by Gasteiger charge is 2.19. The van der Waals surface area contributed by atoms with Crippen LogP contribution in [0.1, 0.15) is 23.6 Å². The number of hydrogen-bond acceptors (Lipinski definition) is 3. The van der Waals surface area contributed by atoms with Crippen LogP contribution < -0.4 is 10.5 Å². The van der Waals surface area contributed by atoms with E-state index in [0.717, 1.165) is 23.3 Å². The van der Waals surface area contributed by atoms with E-state index in [1.165, 1.54) is 0 Å². The van der Waals surface area contributed by atoms with Crippen molar-refractivity contribution in [2.45, 2.75) is 19.4 Å². The number of nitrogens with two attached hydrogens (primary N) is 1. The monoisotopic (exact) mass is 179 g/mol. The first-order chi connectivity index (χ1) is 6.18. The second-order valence-corrected chi connectivity index (χ2v) is 3.42. The quantitative estimate of drug-likeness (QED) is 0.634. The van der Waals surface area contributed by atoms with Crippen LogP contribution in [0.25, 0.3) is 0 Å². The first-order valence-electron chi connectivity index (χ1n) is 4.40. The standard InChI is InChI=1S/C10H13NO2/c1-6-4-7-8(11)2-3-13-10(7)5-9(6)12/h4-5,8,12H,2-3,11H2,1H3/t8-/m1/s1. The lowest BCUT2D eigenvalue weighted by molar-refractivity contribution is 0.267. The molecule has 1 atom stereocenters. The van der Waals surface area contributed by atoms with Gasteiger partial charge in [0.05, 0.1) is 6.61 Å². The van der Waals surface area contributed by atoms with E-state index in [4.69, 9.17) is 10.5 Å². The Morgan fingerprint density at radius 3 is 3.08 bits per heavy atom. The van der Waals surface area contributed by atoms with Gasteiger partial charge >= 0.3 is 0 Å². The fourth-order valence-corrected chi connectivity index (χ4v) is 1.57. The molecule has 3 heteroatoms. The zero-order chi connectivity index (χ0) is 9.42. The van der Waals surface area contributed by atoms with Crippen LogP contribution in [-0.2, 0) is 0 Å². The Balaban J connectivity index is 2.52. The molecule has 0 spiro atoms. The van der Waals surface area contributed by atoms with Crippen molar-refractivity contribution in [3.63, 3.8) is 0 Å². The first-order valence-corrected chi connectivity index (χ1v) is 4.40. The predicted molar refractivity (Wildman–Crippen MR) is 49.9 cm³/mol. The molecule has 0 unspecified atom stereocenters. The summed E-state index contributed by atoms with van der Waals surface area (Å²) in [6.07, 6.45) is 0.844. The minimum absolute atomic E-state index is 0.0445. The molecule has 2 rings (SSSR count). The van der Waals surface area contributed by atoms with Crippen molar-refractivity contribution >= 4 is 0 Å². The second-order valence-electron chi connectivity index (χ2n) is 3.42. The van der Waals surface area contributed by atoms with Gasteiger partial charge in [0.1, 0.15) is 11.5 Å². The van der Waals surface area contributed by atoms with E-state index in [1.54, 1.807) is 6.07 Å². The lowest BCUT2D eigenvalue weighted by atomic mass is 9.99. The lowest BCUT2D eigenvalue weighted by Crippen LogP contribution is -2.20. The van der Waals surface area contributed by atoms with Crippen LogP contribution >= 0.6 is 0 Å². The average molecular weight is 179 g/mol. The Morgan fingerprint density at radius 1 is 1.54 bits per heavy atom. The minimum atomic E-state index is 0.0445. The van der Waals surface area contributed by atoms with Crippen molar-refractivity contribution in [3.8, 4) is 11.5 Å². The second kappa shape index (κ2) is 2.92. The van der Waals surface area contributed by atoms with Crippen molar-refractivity contribution in [1.82, 2.24) is 0 Å². The predicted octanol–water partition coefficient (Wildman–Crippen LogP) is 1.48. The van der Waals surface area contributed by atoms with Gasteiger partial charge in [-0.3, -0.25) is 0 Å². The summed E-state index contributed by atoms with van der Waals surface area (Å²) in [4.78, 5) is 0. The van der Waals surface area contributed by atoms with Crippen molar-refractivity contribution in [2.75, 3.05) is 6.61 Å². The third kappa shape index (κ3) is 1.35. The van der Waals surface area contributed by atoms with Gasteiger partial charge in [-0.25, -0.2) is 0 Å². The van der Waals surface area contributed by atoms with Crippen LogP contribution in [0.15, 0.2) is 12.1 Å². The Morgan fingerprint density at radius 2 is 2.31 bits per heavy atom. The zero-order valence-corrected chi connectivity index (χ0v) is 7.58. The summed E-state index contributed by atoms with van der Waals surface area (Å²) in [7, 11) is 0. The van der Waals surface area contributed by atoms with Crippen molar-refractivity contribution in [2.24, 2.45) is 5.73 Å². The number of aryl methyl sites for hydroxylation is 1. The van der Waals surface area contributed by atoms with Gasteiger partial charge in [-0.05, 0) is 18.6 Å². The number of hydrogen-bond donors (Lipinski definition) is 2. The normalized spacial score (nSPS) is 20.6.